The van der Waals surface area contributed by atoms with Gasteiger partial charge in [-0.15, -0.1) is 0 Å². The molecular formula is C17H19FN2O3. The number of nitrogens with zero attached hydrogens (tertiary/aromatic N) is 1. The monoisotopic (exact) mass is 318 g/mol. The summed E-state index contributed by atoms with van der Waals surface area (Å²) in [6, 6.07) is 4.57. The number of carbonyl (C=O) groups excluding carboxylic acids is 3. The number of ketones is 1. The number of amides is 3. The Balaban J connectivity index is 1.78. The van der Waals surface area contributed by atoms with E-state index >= 15 is 0 Å². The Morgan fingerprint density at radius 3 is 2.65 bits per heavy atom. The normalized spacial score (nSPS) is 27.4. The van der Waals surface area contributed by atoms with Crippen LogP contribution < -0.4 is 5.32 Å². The van der Waals surface area contributed by atoms with E-state index in [4.69, 9.17) is 0 Å². The largest absolute Gasteiger partial charge is 0.325 e. The number of Topliss-reactive ketones (excluding diaryl/α,β-unsaturated/α-hetero) is 1. The molecule has 2 fully saturated rings. The molecule has 0 aromatic heterocycles. The van der Waals surface area contributed by atoms with Crippen molar-refractivity contribution in [3.05, 3.63) is 35.6 Å². The van der Waals surface area contributed by atoms with Gasteiger partial charge in [-0.1, -0.05) is 19.8 Å². The predicted octanol–water partition coefficient (Wildman–Crippen LogP) is 2.51. The Morgan fingerprint density at radius 1 is 1.30 bits per heavy atom. The van der Waals surface area contributed by atoms with Crippen LogP contribution in [0.15, 0.2) is 24.3 Å². The Kier molecular flexibility index (Phi) is 3.92. The second-order valence-corrected chi connectivity index (χ2v) is 6.37. The molecule has 2 aliphatic rings. The molecule has 1 aromatic rings. The van der Waals surface area contributed by atoms with E-state index in [0.29, 0.717) is 6.42 Å². The number of nitrogens with one attached hydrogen (secondary N) is 1. The van der Waals surface area contributed by atoms with Gasteiger partial charge in [-0.05, 0) is 43.0 Å². The number of rotatable bonds is 3. The molecule has 0 unspecified atom stereocenters. The van der Waals surface area contributed by atoms with E-state index in [9.17, 15) is 18.8 Å². The highest BCUT2D eigenvalue weighted by Gasteiger charge is 2.55. The van der Waals surface area contributed by atoms with Gasteiger partial charge in [0.05, 0.1) is 6.54 Å². The fourth-order valence-corrected chi connectivity index (χ4v) is 3.51. The van der Waals surface area contributed by atoms with Gasteiger partial charge in [0.2, 0.25) is 0 Å². The van der Waals surface area contributed by atoms with Crippen LogP contribution in [0.2, 0.25) is 0 Å². The predicted molar refractivity (Wildman–Crippen MR) is 81.3 cm³/mol. The van der Waals surface area contributed by atoms with Crippen molar-refractivity contribution in [1.82, 2.24) is 10.2 Å². The highest BCUT2D eigenvalue weighted by molar-refractivity contribution is 6.11. The van der Waals surface area contributed by atoms with Crippen LogP contribution in [0, 0.1) is 11.7 Å². The Hall–Kier alpha value is -2.24. The molecule has 3 rings (SSSR count). The summed E-state index contributed by atoms with van der Waals surface area (Å²) < 4.78 is 12.9. The maximum Gasteiger partial charge on any atom is 0.325 e. The minimum Gasteiger partial charge on any atom is -0.323 e. The standard InChI is InChI=1S/C17H19FN2O3/c1-11-4-2-3-9-17(11)15(22)20(16(23)19-17)10-14(21)12-5-7-13(18)8-6-12/h5-8,11H,2-4,9-10H2,1H3,(H,19,23)/t11-,17-/m0/s1. The third-order valence-corrected chi connectivity index (χ3v) is 4.97. The van der Waals surface area contributed by atoms with Crippen molar-refractivity contribution < 1.29 is 18.8 Å². The highest BCUT2D eigenvalue weighted by atomic mass is 19.1. The zero-order valence-electron chi connectivity index (χ0n) is 13.0. The number of halogens is 1. The van der Waals surface area contributed by atoms with Crippen LogP contribution in [0.5, 0.6) is 0 Å². The molecule has 122 valence electrons. The quantitative estimate of drug-likeness (QED) is 0.688. The van der Waals surface area contributed by atoms with E-state index in [-0.39, 0.29) is 29.7 Å². The summed E-state index contributed by atoms with van der Waals surface area (Å²) in [5.41, 5.74) is -0.581. The third-order valence-electron chi connectivity index (χ3n) is 4.97. The summed E-state index contributed by atoms with van der Waals surface area (Å²) in [5, 5.41) is 2.81. The maximum atomic E-state index is 12.9. The molecule has 0 radical (unpaired) electrons. The van der Waals surface area contributed by atoms with Gasteiger partial charge in [0.15, 0.2) is 5.78 Å². The molecule has 1 aliphatic carbocycles. The number of imide groups is 1. The van der Waals surface area contributed by atoms with Crippen molar-refractivity contribution in [2.75, 3.05) is 6.54 Å². The SMILES string of the molecule is C[C@H]1CCCC[C@]12NC(=O)N(CC(=O)c1ccc(F)cc1)C2=O. The number of urea groups is 1. The summed E-state index contributed by atoms with van der Waals surface area (Å²) in [4.78, 5) is 38.2. The number of hydrogen-bond acceptors (Lipinski definition) is 3. The van der Waals surface area contributed by atoms with E-state index in [2.05, 4.69) is 5.32 Å². The Morgan fingerprint density at radius 2 is 2.00 bits per heavy atom. The zero-order valence-corrected chi connectivity index (χ0v) is 13.0. The average molecular weight is 318 g/mol. The molecule has 23 heavy (non-hydrogen) atoms. The summed E-state index contributed by atoms with van der Waals surface area (Å²) >= 11 is 0. The molecule has 5 nitrogen and oxygen atoms in total. The smallest absolute Gasteiger partial charge is 0.323 e. The number of benzene rings is 1. The molecule has 1 spiro atoms. The molecule has 1 saturated carbocycles. The van der Waals surface area contributed by atoms with Crippen molar-refractivity contribution in [2.45, 2.75) is 38.1 Å². The van der Waals surface area contributed by atoms with E-state index in [1.54, 1.807) is 0 Å². The molecule has 3 amide bonds. The van der Waals surface area contributed by atoms with Crippen LogP contribution in [-0.2, 0) is 4.79 Å². The first kappa shape index (κ1) is 15.6. The van der Waals surface area contributed by atoms with Gasteiger partial charge in [-0.2, -0.15) is 0 Å². The lowest BCUT2D eigenvalue weighted by molar-refractivity contribution is -0.133. The first-order valence-corrected chi connectivity index (χ1v) is 7.87. The van der Waals surface area contributed by atoms with Crippen LogP contribution in [-0.4, -0.2) is 34.7 Å². The summed E-state index contributed by atoms with van der Waals surface area (Å²) in [6.45, 7) is 1.65. The van der Waals surface area contributed by atoms with Crippen LogP contribution >= 0.6 is 0 Å². The fourth-order valence-electron chi connectivity index (χ4n) is 3.51. The lowest BCUT2D eigenvalue weighted by Gasteiger charge is -2.36. The van der Waals surface area contributed by atoms with Gasteiger partial charge in [0.25, 0.3) is 5.91 Å². The second-order valence-electron chi connectivity index (χ2n) is 6.37. The molecule has 6 heteroatoms. The van der Waals surface area contributed by atoms with Gasteiger partial charge < -0.3 is 5.32 Å². The fraction of sp³-hybridized carbons (Fsp3) is 0.471. The lowest BCUT2D eigenvalue weighted by atomic mass is 9.73. The van der Waals surface area contributed by atoms with Crippen LogP contribution in [0.25, 0.3) is 0 Å². The van der Waals surface area contributed by atoms with E-state index in [0.717, 1.165) is 24.2 Å². The number of carbonyl (C=O) groups is 3. The average Bonchev–Trinajstić information content (AvgIpc) is 2.76. The lowest BCUT2D eigenvalue weighted by Crippen LogP contribution is -2.54. The van der Waals surface area contributed by atoms with E-state index in [1.165, 1.54) is 24.3 Å². The minimum atomic E-state index is -0.863. The molecule has 1 heterocycles. The van der Waals surface area contributed by atoms with Crippen molar-refractivity contribution in [1.29, 1.82) is 0 Å². The van der Waals surface area contributed by atoms with Crippen molar-refractivity contribution in [3.8, 4) is 0 Å². The molecule has 0 bridgehead atoms. The summed E-state index contributed by atoms with van der Waals surface area (Å²) in [7, 11) is 0. The first-order valence-electron chi connectivity index (χ1n) is 7.87. The first-order chi connectivity index (χ1) is 10.9. The third kappa shape index (κ3) is 2.62. The van der Waals surface area contributed by atoms with Gasteiger partial charge in [0.1, 0.15) is 11.4 Å². The van der Waals surface area contributed by atoms with Gasteiger partial charge >= 0.3 is 6.03 Å². The van der Waals surface area contributed by atoms with E-state index < -0.39 is 17.4 Å². The molecule has 1 aromatic carbocycles. The van der Waals surface area contributed by atoms with Gasteiger partial charge in [-0.25, -0.2) is 9.18 Å². The zero-order chi connectivity index (χ0) is 16.6. The van der Waals surface area contributed by atoms with Crippen molar-refractivity contribution in [3.63, 3.8) is 0 Å². The van der Waals surface area contributed by atoms with Crippen LogP contribution in [0.4, 0.5) is 9.18 Å². The topological polar surface area (TPSA) is 66.5 Å². The van der Waals surface area contributed by atoms with Crippen molar-refractivity contribution >= 4 is 17.7 Å². The highest BCUT2D eigenvalue weighted by Crippen LogP contribution is 2.38. The number of hydrogen-bond donors (Lipinski definition) is 1. The molecule has 1 N–H and O–H groups in total. The second kappa shape index (κ2) is 5.76. The van der Waals surface area contributed by atoms with Crippen LogP contribution in [0.3, 0.4) is 0 Å². The summed E-state index contributed by atoms with van der Waals surface area (Å²) in [5.74, 6) is -1.08. The summed E-state index contributed by atoms with van der Waals surface area (Å²) in [6.07, 6.45) is 3.42. The molecule has 1 saturated heterocycles. The van der Waals surface area contributed by atoms with Crippen LogP contribution in [0.1, 0.15) is 43.0 Å². The van der Waals surface area contributed by atoms with E-state index in [1.807, 2.05) is 6.92 Å². The molecular weight excluding hydrogens is 299 g/mol. The Bertz CT molecular complexity index is 658. The minimum absolute atomic E-state index is 0.0543. The Labute approximate surface area is 133 Å². The maximum absolute atomic E-state index is 12.9. The molecule has 2 atom stereocenters. The molecule has 1 aliphatic heterocycles. The van der Waals surface area contributed by atoms with Crippen molar-refractivity contribution in [2.24, 2.45) is 5.92 Å². The van der Waals surface area contributed by atoms with Gasteiger partial charge in [-0.3, -0.25) is 14.5 Å². The van der Waals surface area contributed by atoms with Gasteiger partial charge in [0, 0.05) is 5.56 Å².